The van der Waals surface area contributed by atoms with Gasteiger partial charge in [0.05, 0.1) is 6.61 Å². The maximum atomic E-state index is 14.8. The zero-order valence-electron chi connectivity index (χ0n) is 13.0. The van der Waals surface area contributed by atoms with Crippen LogP contribution in [0.3, 0.4) is 0 Å². The van der Waals surface area contributed by atoms with Crippen molar-refractivity contribution in [2.24, 2.45) is 0 Å². The summed E-state index contributed by atoms with van der Waals surface area (Å²) in [6.07, 6.45) is 0.628. The van der Waals surface area contributed by atoms with Crippen molar-refractivity contribution in [3.63, 3.8) is 0 Å². The Morgan fingerprint density at radius 3 is 2.36 bits per heavy atom. The number of ether oxygens (including phenoxy) is 1. The van der Waals surface area contributed by atoms with E-state index in [-0.39, 0.29) is 11.6 Å². The van der Waals surface area contributed by atoms with Crippen LogP contribution in [-0.2, 0) is 6.42 Å². The van der Waals surface area contributed by atoms with E-state index in [1.807, 2.05) is 18.2 Å². The van der Waals surface area contributed by atoms with E-state index < -0.39 is 0 Å². The van der Waals surface area contributed by atoms with Gasteiger partial charge in [-0.3, -0.25) is 0 Å². The molecule has 3 aromatic rings. The van der Waals surface area contributed by atoms with Gasteiger partial charge in [-0.2, -0.15) is 0 Å². The zero-order valence-corrected chi connectivity index (χ0v) is 16.2. The van der Waals surface area contributed by atoms with Crippen molar-refractivity contribution >= 4 is 31.9 Å². The largest absolute Gasteiger partial charge is 0.507 e. The van der Waals surface area contributed by atoms with Crippen molar-refractivity contribution in [2.45, 2.75) is 6.42 Å². The van der Waals surface area contributed by atoms with E-state index in [0.29, 0.717) is 24.2 Å². The van der Waals surface area contributed by atoms with Crippen LogP contribution in [0.4, 0.5) is 4.39 Å². The number of phenols is 1. The molecular formula is C20H13Br2FO2. The molecule has 25 heavy (non-hydrogen) atoms. The lowest BCUT2D eigenvalue weighted by Crippen LogP contribution is -1.99. The summed E-state index contributed by atoms with van der Waals surface area (Å²) in [6, 6.07) is 14.1. The second-order valence-corrected chi connectivity index (χ2v) is 7.72. The SMILES string of the molecule is Oc1ccc(Br)cc1-c1cc2c(cc1F)CCOc1ccc(Br)cc1-2. The highest BCUT2D eigenvalue weighted by Crippen LogP contribution is 2.42. The molecule has 0 saturated heterocycles. The van der Waals surface area contributed by atoms with Crippen molar-refractivity contribution in [1.29, 1.82) is 0 Å². The fourth-order valence-electron chi connectivity index (χ4n) is 3.11. The molecule has 0 saturated carbocycles. The smallest absolute Gasteiger partial charge is 0.131 e. The molecule has 126 valence electrons. The van der Waals surface area contributed by atoms with E-state index in [2.05, 4.69) is 31.9 Å². The summed E-state index contributed by atoms with van der Waals surface area (Å²) in [6.45, 7) is 0.503. The Hall–Kier alpha value is -1.85. The molecule has 0 bridgehead atoms. The van der Waals surface area contributed by atoms with Gasteiger partial charge in [-0.25, -0.2) is 4.39 Å². The molecule has 1 heterocycles. The van der Waals surface area contributed by atoms with Crippen LogP contribution in [-0.4, -0.2) is 11.7 Å². The molecule has 2 nitrogen and oxygen atoms in total. The third-order valence-corrected chi connectivity index (χ3v) is 5.29. The Balaban J connectivity index is 1.98. The topological polar surface area (TPSA) is 29.5 Å². The Kier molecular flexibility index (Phi) is 4.29. The second-order valence-electron chi connectivity index (χ2n) is 5.89. The van der Waals surface area contributed by atoms with E-state index in [0.717, 1.165) is 31.4 Å². The number of hydrogen-bond donors (Lipinski definition) is 1. The molecule has 0 fully saturated rings. The molecule has 1 N–H and O–H groups in total. The number of aromatic hydroxyl groups is 1. The van der Waals surface area contributed by atoms with Gasteiger partial charge in [0.1, 0.15) is 17.3 Å². The fourth-order valence-corrected chi connectivity index (χ4v) is 3.83. The number of rotatable bonds is 1. The lowest BCUT2D eigenvalue weighted by atomic mass is 9.92. The maximum Gasteiger partial charge on any atom is 0.131 e. The Morgan fingerprint density at radius 2 is 1.56 bits per heavy atom. The average molecular weight is 464 g/mol. The molecule has 0 unspecified atom stereocenters. The van der Waals surface area contributed by atoms with Gasteiger partial charge >= 0.3 is 0 Å². The highest BCUT2D eigenvalue weighted by molar-refractivity contribution is 9.10. The molecule has 0 aromatic heterocycles. The molecule has 0 radical (unpaired) electrons. The van der Waals surface area contributed by atoms with Gasteiger partial charge in [0, 0.05) is 32.1 Å². The van der Waals surface area contributed by atoms with Gasteiger partial charge in [0.15, 0.2) is 0 Å². The van der Waals surface area contributed by atoms with Crippen molar-refractivity contribution < 1.29 is 14.2 Å². The van der Waals surface area contributed by atoms with Crippen LogP contribution in [0.15, 0.2) is 57.5 Å². The first-order chi connectivity index (χ1) is 12.0. The van der Waals surface area contributed by atoms with Gasteiger partial charge < -0.3 is 9.84 Å². The van der Waals surface area contributed by atoms with E-state index in [1.54, 1.807) is 30.3 Å². The highest BCUT2D eigenvalue weighted by Gasteiger charge is 2.20. The van der Waals surface area contributed by atoms with Crippen LogP contribution in [0, 0.1) is 5.82 Å². The minimum absolute atomic E-state index is 0.0430. The number of halogens is 3. The van der Waals surface area contributed by atoms with Crippen LogP contribution in [0.25, 0.3) is 22.3 Å². The monoisotopic (exact) mass is 462 g/mol. The van der Waals surface area contributed by atoms with E-state index in [1.165, 1.54) is 0 Å². The minimum Gasteiger partial charge on any atom is -0.507 e. The quantitative estimate of drug-likeness (QED) is 0.457. The Morgan fingerprint density at radius 1 is 0.840 bits per heavy atom. The molecule has 0 spiro atoms. The number of hydrogen-bond acceptors (Lipinski definition) is 2. The Bertz CT molecular complexity index is 986. The van der Waals surface area contributed by atoms with Crippen LogP contribution >= 0.6 is 31.9 Å². The summed E-state index contributed by atoms with van der Waals surface area (Å²) < 4.78 is 22.3. The van der Waals surface area contributed by atoms with Gasteiger partial charge in [0.2, 0.25) is 0 Å². The van der Waals surface area contributed by atoms with E-state index in [4.69, 9.17) is 4.74 Å². The summed E-state index contributed by atoms with van der Waals surface area (Å²) in [5.41, 5.74) is 3.55. The summed E-state index contributed by atoms with van der Waals surface area (Å²) >= 11 is 6.87. The zero-order chi connectivity index (χ0) is 17.6. The predicted molar refractivity (Wildman–Crippen MR) is 104 cm³/mol. The molecule has 0 atom stereocenters. The molecule has 4 rings (SSSR count). The molecule has 0 aliphatic carbocycles. The van der Waals surface area contributed by atoms with Crippen molar-refractivity contribution in [3.05, 3.63) is 68.9 Å². The van der Waals surface area contributed by atoms with Crippen molar-refractivity contribution in [3.8, 4) is 33.8 Å². The van der Waals surface area contributed by atoms with Crippen LogP contribution in [0.5, 0.6) is 11.5 Å². The third kappa shape index (κ3) is 3.07. The molecular weight excluding hydrogens is 451 g/mol. The van der Waals surface area contributed by atoms with Gasteiger partial charge in [-0.15, -0.1) is 0 Å². The second kappa shape index (κ2) is 6.46. The average Bonchev–Trinajstić information content (AvgIpc) is 2.75. The number of fused-ring (bicyclic) bond motifs is 3. The minimum atomic E-state index is -0.356. The van der Waals surface area contributed by atoms with E-state index in [9.17, 15) is 9.50 Å². The lowest BCUT2D eigenvalue weighted by molar-refractivity contribution is 0.326. The first kappa shape index (κ1) is 16.6. The van der Waals surface area contributed by atoms with Crippen LogP contribution in [0.2, 0.25) is 0 Å². The van der Waals surface area contributed by atoms with Crippen LogP contribution in [0.1, 0.15) is 5.56 Å². The van der Waals surface area contributed by atoms with Gasteiger partial charge in [0.25, 0.3) is 0 Å². The number of phenolic OH excluding ortho intramolecular Hbond substituents is 1. The summed E-state index contributed by atoms with van der Waals surface area (Å²) in [5.74, 6) is 0.463. The predicted octanol–water partition coefficient (Wildman–Crippen LogP) is 6.33. The summed E-state index contributed by atoms with van der Waals surface area (Å²) in [4.78, 5) is 0. The molecule has 3 aromatic carbocycles. The molecule has 5 heteroatoms. The fraction of sp³-hybridized carbons (Fsp3) is 0.100. The van der Waals surface area contributed by atoms with Crippen LogP contribution < -0.4 is 4.74 Å². The summed E-state index contributed by atoms with van der Waals surface area (Å²) in [7, 11) is 0. The summed E-state index contributed by atoms with van der Waals surface area (Å²) in [5, 5.41) is 10.2. The van der Waals surface area contributed by atoms with Gasteiger partial charge in [-0.1, -0.05) is 31.9 Å². The maximum absolute atomic E-state index is 14.8. The Labute approximate surface area is 161 Å². The molecule has 1 aliphatic rings. The van der Waals surface area contributed by atoms with Gasteiger partial charge in [-0.05, 0) is 59.7 Å². The van der Waals surface area contributed by atoms with E-state index >= 15 is 0 Å². The molecule has 1 aliphatic heterocycles. The standard InChI is InChI=1S/C20H13Br2FO2/c21-12-1-3-19(24)16(8-12)15-10-14-11(7-18(15)23)5-6-25-20-4-2-13(22)9-17(14)20/h1-4,7-10,24H,5-6H2. The number of benzene rings is 3. The molecule has 0 amide bonds. The first-order valence-electron chi connectivity index (χ1n) is 7.77. The van der Waals surface area contributed by atoms with Crippen molar-refractivity contribution in [2.75, 3.05) is 6.61 Å². The normalized spacial score (nSPS) is 12.8. The third-order valence-electron chi connectivity index (χ3n) is 4.30. The first-order valence-corrected chi connectivity index (χ1v) is 9.35. The highest BCUT2D eigenvalue weighted by atomic mass is 79.9. The van der Waals surface area contributed by atoms with Crippen molar-refractivity contribution in [1.82, 2.24) is 0 Å². The lowest BCUT2D eigenvalue weighted by Gasteiger charge is -2.13.